The van der Waals surface area contributed by atoms with Crippen LogP contribution in [0.15, 0.2) is 54.6 Å². The zero-order valence-corrected chi connectivity index (χ0v) is 12.5. The first-order chi connectivity index (χ1) is 10.8. The van der Waals surface area contributed by atoms with Crippen molar-refractivity contribution >= 4 is 5.78 Å². The molecule has 0 radical (unpaired) electrons. The first kappa shape index (κ1) is 14.8. The van der Waals surface area contributed by atoms with Crippen molar-refractivity contribution < 1.29 is 14.3 Å². The zero-order chi connectivity index (χ0) is 15.2. The van der Waals surface area contributed by atoms with Gasteiger partial charge in [0, 0.05) is 18.4 Å². The summed E-state index contributed by atoms with van der Waals surface area (Å²) in [5, 5.41) is 0. The van der Waals surface area contributed by atoms with E-state index in [1.165, 1.54) is 0 Å². The van der Waals surface area contributed by atoms with Crippen molar-refractivity contribution in [1.82, 2.24) is 0 Å². The van der Waals surface area contributed by atoms with Gasteiger partial charge in [-0.15, -0.1) is 0 Å². The van der Waals surface area contributed by atoms with Crippen LogP contribution in [-0.2, 0) is 11.2 Å². The van der Waals surface area contributed by atoms with Crippen LogP contribution in [0.5, 0.6) is 5.75 Å². The Morgan fingerprint density at radius 1 is 1.05 bits per heavy atom. The lowest BCUT2D eigenvalue weighted by Gasteiger charge is -2.23. The van der Waals surface area contributed by atoms with Crippen molar-refractivity contribution in [2.75, 3.05) is 6.61 Å². The molecule has 1 heterocycles. The van der Waals surface area contributed by atoms with E-state index in [1.54, 1.807) is 0 Å². The van der Waals surface area contributed by atoms with E-state index in [0.717, 1.165) is 37.2 Å². The van der Waals surface area contributed by atoms with Gasteiger partial charge in [-0.1, -0.05) is 30.3 Å². The molecule has 0 amide bonds. The fourth-order valence-corrected chi connectivity index (χ4v) is 2.56. The molecule has 3 heteroatoms. The first-order valence-corrected chi connectivity index (χ1v) is 7.77. The van der Waals surface area contributed by atoms with Gasteiger partial charge in [-0.3, -0.25) is 4.79 Å². The minimum absolute atomic E-state index is 0.117. The van der Waals surface area contributed by atoms with Gasteiger partial charge in [0.2, 0.25) is 0 Å². The molecule has 0 unspecified atom stereocenters. The molecule has 1 fully saturated rings. The molecule has 1 aliphatic rings. The average Bonchev–Trinajstić information content (AvgIpc) is 2.57. The predicted molar refractivity (Wildman–Crippen MR) is 85.1 cm³/mol. The van der Waals surface area contributed by atoms with E-state index in [2.05, 4.69) is 0 Å². The highest BCUT2D eigenvalue weighted by molar-refractivity contribution is 5.97. The largest absolute Gasteiger partial charge is 0.465 e. The molecule has 0 aromatic heterocycles. The Morgan fingerprint density at radius 3 is 2.50 bits per heavy atom. The van der Waals surface area contributed by atoms with Crippen molar-refractivity contribution in [1.29, 1.82) is 0 Å². The van der Waals surface area contributed by atoms with Crippen LogP contribution < -0.4 is 4.74 Å². The van der Waals surface area contributed by atoms with E-state index in [4.69, 9.17) is 9.47 Å². The summed E-state index contributed by atoms with van der Waals surface area (Å²) in [6, 6.07) is 17.1. The van der Waals surface area contributed by atoms with E-state index in [-0.39, 0.29) is 12.1 Å². The molecule has 1 saturated heterocycles. The van der Waals surface area contributed by atoms with Gasteiger partial charge in [-0.05, 0) is 42.7 Å². The third-order valence-electron chi connectivity index (χ3n) is 3.79. The van der Waals surface area contributed by atoms with E-state index in [0.29, 0.717) is 12.0 Å². The lowest BCUT2D eigenvalue weighted by atomic mass is 10.0. The van der Waals surface area contributed by atoms with Gasteiger partial charge in [-0.25, -0.2) is 0 Å². The summed E-state index contributed by atoms with van der Waals surface area (Å²) >= 11 is 0. The Hall–Kier alpha value is -2.13. The third kappa shape index (κ3) is 3.95. The summed E-state index contributed by atoms with van der Waals surface area (Å²) < 4.78 is 11.3. The van der Waals surface area contributed by atoms with E-state index in [9.17, 15) is 4.79 Å². The monoisotopic (exact) mass is 296 g/mol. The summed E-state index contributed by atoms with van der Waals surface area (Å²) in [5.41, 5.74) is 1.74. The van der Waals surface area contributed by atoms with Gasteiger partial charge < -0.3 is 9.47 Å². The molecule has 1 aliphatic heterocycles. The normalized spacial score (nSPS) is 17.9. The van der Waals surface area contributed by atoms with Gasteiger partial charge in [-0.2, -0.15) is 0 Å². The molecule has 114 valence electrons. The Bertz CT molecular complexity index is 598. The number of hydrogen-bond acceptors (Lipinski definition) is 3. The maximum absolute atomic E-state index is 12.2. The SMILES string of the molecule is O=C(Cc1ccccc1)c1ccc(O[C@@H]2CCCCO2)cc1. The smallest absolute Gasteiger partial charge is 0.199 e. The molecule has 2 aromatic carbocycles. The second kappa shape index (κ2) is 7.23. The molecule has 0 spiro atoms. The first-order valence-electron chi connectivity index (χ1n) is 7.77. The molecular formula is C19H20O3. The summed E-state index contributed by atoms with van der Waals surface area (Å²) in [6.07, 6.45) is 3.44. The second-order valence-corrected chi connectivity index (χ2v) is 5.52. The second-order valence-electron chi connectivity index (χ2n) is 5.52. The number of ether oxygens (including phenoxy) is 2. The molecule has 0 N–H and O–H groups in total. The summed E-state index contributed by atoms with van der Waals surface area (Å²) in [7, 11) is 0. The fourth-order valence-electron chi connectivity index (χ4n) is 2.56. The number of rotatable bonds is 5. The Balaban J connectivity index is 1.59. The van der Waals surface area contributed by atoms with E-state index >= 15 is 0 Å². The van der Waals surface area contributed by atoms with Gasteiger partial charge in [0.1, 0.15) is 5.75 Å². The lowest BCUT2D eigenvalue weighted by molar-refractivity contribution is -0.105. The quantitative estimate of drug-likeness (QED) is 0.782. The Kier molecular flexibility index (Phi) is 4.86. The zero-order valence-electron chi connectivity index (χ0n) is 12.5. The average molecular weight is 296 g/mol. The van der Waals surface area contributed by atoms with Crippen LogP contribution in [-0.4, -0.2) is 18.7 Å². The van der Waals surface area contributed by atoms with Crippen LogP contribution in [0.4, 0.5) is 0 Å². The molecule has 0 saturated carbocycles. The highest BCUT2D eigenvalue weighted by Gasteiger charge is 2.15. The highest BCUT2D eigenvalue weighted by atomic mass is 16.7. The molecule has 22 heavy (non-hydrogen) atoms. The number of benzene rings is 2. The van der Waals surface area contributed by atoms with Gasteiger partial charge in [0.05, 0.1) is 6.61 Å². The van der Waals surface area contributed by atoms with Crippen LogP contribution in [0, 0.1) is 0 Å². The standard InChI is InChI=1S/C19H20O3/c20-18(14-15-6-2-1-3-7-15)16-9-11-17(12-10-16)22-19-8-4-5-13-21-19/h1-3,6-7,9-12,19H,4-5,8,13-14H2/t19-/m1/s1. The number of carbonyl (C=O) groups excluding carboxylic acids is 1. The minimum Gasteiger partial charge on any atom is -0.465 e. The number of carbonyl (C=O) groups is 1. The van der Waals surface area contributed by atoms with E-state index in [1.807, 2.05) is 54.6 Å². The van der Waals surface area contributed by atoms with Crippen LogP contribution in [0.3, 0.4) is 0 Å². The van der Waals surface area contributed by atoms with Crippen LogP contribution in [0.1, 0.15) is 35.2 Å². The molecule has 2 aromatic rings. The maximum atomic E-state index is 12.2. The maximum Gasteiger partial charge on any atom is 0.199 e. The van der Waals surface area contributed by atoms with Crippen molar-refractivity contribution in [2.45, 2.75) is 32.0 Å². The lowest BCUT2D eigenvalue weighted by Crippen LogP contribution is -2.24. The van der Waals surface area contributed by atoms with Gasteiger partial charge in [0.15, 0.2) is 12.1 Å². The number of hydrogen-bond donors (Lipinski definition) is 0. The molecule has 3 nitrogen and oxygen atoms in total. The van der Waals surface area contributed by atoms with E-state index < -0.39 is 0 Å². The summed E-state index contributed by atoms with van der Waals surface area (Å²) in [4.78, 5) is 12.2. The number of Topliss-reactive ketones (excluding diaryl/α,β-unsaturated/α-hetero) is 1. The van der Waals surface area contributed by atoms with Crippen molar-refractivity contribution in [2.24, 2.45) is 0 Å². The van der Waals surface area contributed by atoms with Crippen molar-refractivity contribution in [3.63, 3.8) is 0 Å². The van der Waals surface area contributed by atoms with Crippen LogP contribution in [0.2, 0.25) is 0 Å². The number of ketones is 1. The minimum atomic E-state index is -0.153. The predicted octanol–water partition coefficient (Wildman–Crippen LogP) is 4.02. The Labute approximate surface area is 130 Å². The Morgan fingerprint density at radius 2 is 1.82 bits per heavy atom. The fraction of sp³-hybridized carbons (Fsp3) is 0.316. The third-order valence-corrected chi connectivity index (χ3v) is 3.79. The molecule has 0 bridgehead atoms. The van der Waals surface area contributed by atoms with Crippen LogP contribution in [0.25, 0.3) is 0 Å². The summed E-state index contributed by atoms with van der Waals surface area (Å²) in [6.45, 7) is 0.762. The van der Waals surface area contributed by atoms with Gasteiger partial charge in [0.25, 0.3) is 0 Å². The molecule has 0 aliphatic carbocycles. The highest BCUT2D eigenvalue weighted by Crippen LogP contribution is 2.20. The van der Waals surface area contributed by atoms with Gasteiger partial charge >= 0.3 is 0 Å². The van der Waals surface area contributed by atoms with Crippen LogP contribution >= 0.6 is 0 Å². The van der Waals surface area contributed by atoms with Crippen molar-refractivity contribution in [3.05, 3.63) is 65.7 Å². The topological polar surface area (TPSA) is 35.5 Å². The van der Waals surface area contributed by atoms with Crippen molar-refractivity contribution in [3.8, 4) is 5.75 Å². The summed E-state index contributed by atoms with van der Waals surface area (Å²) in [5.74, 6) is 0.870. The molecular weight excluding hydrogens is 276 g/mol. The molecule has 1 atom stereocenters. The molecule has 3 rings (SSSR count).